The van der Waals surface area contributed by atoms with Crippen molar-refractivity contribution in [1.82, 2.24) is 10.3 Å². The van der Waals surface area contributed by atoms with Gasteiger partial charge >= 0.3 is 0 Å². The quantitative estimate of drug-likeness (QED) is 0.757. The van der Waals surface area contributed by atoms with Gasteiger partial charge < -0.3 is 10.3 Å². The molecular weight excluding hydrogens is 208 g/mol. The number of halogens is 1. The van der Waals surface area contributed by atoms with Crippen molar-refractivity contribution in [3.8, 4) is 11.3 Å². The van der Waals surface area contributed by atoms with Gasteiger partial charge in [-0.25, -0.2) is 0 Å². The molecule has 0 saturated heterocycles. The highest BCUT2D eigenvalue weighted by molar-refractivity contribution is 6.30. The lowest BCUT2D eigenvalue weighted by Gasteiger charge is -1.99. The molecule has 2 heterocycles. The molecule has 0 atom stereocenters. The Bertz CT molecular complexity index is 481. The first-order valence-corrected chi connectivity index (χ1v) is 5.38. The van der Waals surface area contributed by atoms with Gasteiger partial charge in [0.25, 0.3) is 0 Å². The van der Waals surface area contributed by atoms with Crippen molar-refractivity contribution < 1.29 is 0 Å². The second-order valence-corrected chi connectivity index (χ2v) is 4.24. The number of hydrogen-bond acceptors (Lipinski definition) is 1. The van der Waals surface area contributed by atoms with Crippen LogP contribution in [0.5, 0.6) is 0 Å². The largest absolute Gasteiger partial charge is 0.357 e. The number of aromatic nitrogens is 1. The van der Waals surface area contributed by atoms with E-state index in [0.29, 0.717) is 0 Å². The van der Waals surface area contributed by atoms with Gasteiger partial charge in [-0.15, -0.1) is 0 Å². The highest BCUT2D eigenvalue weighted by Crippen LogP contribution is 2.26. The molecule has 0 saturated carbocycles. The molecule has 0 amide bonds. The van der Waals surface area contributed by atoms with Gasteiger partial charge in [0, 0.05) is 29.5 Å². The number of aromatic amines is 1. The predicted molar refractivity (Wildman–Crippen MR) is 61.8 cm³/mol. The predicted octanol–water partition coefficient (Wildman–Crippen LogP) is 2.94. The smallest absolute Gasteiger partial charge is 0.0460 e. The van der Waals surface area contributed by atoms with Crippen LogP contribution < -0.4 is 5.32 Å². The molecule has 0 radical (unpaired) electrons. The lowest BCUT2D eigenvalue weighted by Crippen LogP contribution is -2.01. The molecule has 0 spiro atoms. The maximum absolute atomic E-state index is 5.96. The second-order valence-electron chi connectivity index (χ2n) is 3.80. The Morgan fingerprint density at radius 2 is 2.07 bits per heavy atom. The fourth-order valence-electron chi connectivity index (χ4n) is 1.99. The summed E-state index contributed by atoms with van der Waals surface area (Å²) in [5, 5.41) is 4.08. The average Bonchev–Trinajstić information content (AvgIpc) is 2.76. The maximum Gasteiger partial charge on any atom is 0.0460 e. The molecule has 15 heavy (non-hydrogen) atoms. The summed E-state index contributed by atoms with van der Waals surface area (Å²) in [4.78, 5) is 3.42. The number of fused-ring (bicyclic) bond motifs is 1. The van der Waals surface area contributed by atoms with E-state index in [9.17, 15) is 0 Å². The van der Waals surface area contributed by atoms with E-state index in [2.05, 4.69) is 22.4 Å². The van der Waals surface area contributed by atoms with E-state index >= 15 is 0 Å². The summed E-state index contributed by atoms with van der Waals surface area (Å²) in [7, 11) is 0. The minimum absolute atomic E-state index is 0.778. The van der Waals surface area contributed by atoms with E-state index in [1.807, 2.05) is 18.2 Å². The Labute approximate surface area is 93.3 Å². The molecule has 3 rings (SSSR count). The Morgan fingerprint density at radius 3 is 2.87 bits per heavy atom. The Morgan fingerprint density at radius 1 is 1.13 bits per heavy atom. The zero-order valence-electron chi connectivity index (χ0n) is 8.18. The molecule has 1 aromatic heterocycles. The summed E-state index contributed by atoms with van der Waals surface area (Å²) in [5.41, 5.74) is 4.97. The molecule has 2 N–H and O–H groups in total. The molecule has 0 aliphatic carbocycles. The van der Waals surface area contributed by atoms with Crippen molar-refractivity contribution >= 4 is 11.6 Å². The summed E-state index contributed by atoms with van der Waals surface area (Å²) < 4.78 is 0. The minimum atomic E-state index is 0.778. The molecule has 1 aliphatic rings. The topological polar surface area (TPSA) is 27.8 Å². The second kappa shape index (κ2) is 3.40. The first-order chi connectivity index (χ1) is 7.33. The van der Waals surface area contributed by atoms with Crippen molar-refractivity contribution in [2.24, 2.45) is 0 Å². The lowest BCUT2D eigenvalue weighted by atomic mass is 10.1. The van der Waals surface area contributed by atoms with Crippen LogP contribution in [0.15, 0.2) is 30.3 Å². The van der Waals surface area contributed by atoms with Crippen LogP contribution in [0, 0.1) is 0 Å². The van der Waals surface area contributed by atoms with Crippen LogP contribution >= 0.6 is 11.6 Å². The summed E-state index contributed by atoms with van der Waals surface area (Å²) >= 11 is 5.96. The molecule has 1 aliphatic heterocycles. The van der Waals surface area contributed by atoms with Crippen molar-refractivity contribution in [3.63, 3.8) is 0 Å². The monoisotopic (exact) mass is 218 g/mol. The van der Waals surface area contributed by atoms with Gasteiger partial charge in [-0.1, -0.05) is 23.7 Å². The van der Waals surface area contributed by atoms with Crippen molar-refractivity contribution in [1.29, 1.82) is 0 Å². The standard InChI is InChI=1S/C12H11ClN2/c13-10-3-1-2-8(4-10)11-5-9-6-14-7-12(9)15-11/h1-5,14-15H,6-7H2. The maximum atomic E-state index is 5.96. The van der Waals surface area contributed by atoms with Gasteiger partial charge in [-0.05, 0) is 29.3 Å². The number of rotatable bonds is 1. The molecular formula is C12H11ClN2. The normalized spacial score (nSPS) is 14.2. The van der Waals surface area contributed by atoms with Gasteiger partial charge in [0.1, 0.15) is 0 Å². The van der Waals surface area contributed by atoms with E-state index in [1.165, 1.54) is 11.3 Å². The first kappa shape index (κ1) is 9.01. The molecule has 76 valence electrons. The summed E-state index contributed by atoms with van der Waals surface area (Å²) in [5.74, 6) is 0. The van der Waals surface area contributed by atoms with Crippen LogP contribution in [0.1, 0.15) is 11.3 Å². The van der Waals surface area contributed by atoms with Gasteiger partial charge in [0.2, 0.25) is 0 Å². The third kappa shape index (κ3) is 1.56. The lowest BCUT2D eigenvalue weighted by molar-refractivity contribution is 0.754. The van der Waals surface area contributed by atoms with Crippen LogP contribution in [0.3, 0.4) is 0 Å². The molecule has 2 nitrogen and oxygen atoms in total. The van der Waals surface area contributed by atoms with E-state index in [4.69, 9.17) is 11.6 Å². The molecule has 0 unspecified atom stereocenters. The summed E-state index contributed by atoms with van der Waals surface area (Å²) in [6.45, 7) is 1.91. The zero-order chi connectivity index (χ0) is 10.3. The molecule has 0 fully saturated rings. The molecule has 3 heteroatoms. The zero-order valence-corrected chi connectivity index (χ0v) is 8.93. The van der Waals surface area contributed by atoms with Crippen LogP contribution in [0.25, 0.3) is 11.3 Å². The highest BCUT2D eigenvalue weighted by Gasteiger charge is 2.13. The fraction of sp³-hybridized carbons (Fsp3) is 0.167. The molecule has 0 bridgehead atoms. The molecule has 2 aromatic rings. The molecule has 1 aromatic carbocycles. The van der Waals surface area contributed by atoms with Gasteiger partial charge in [-0.3, -0.25) is 0 Å². The van der Waals surface area contributed by atoms with Crippen molar-refractivity contribution in [3.05, 3.63) is 46.6 Å². The van der Waals surface area contributed by atoms with Gasteiger partial charge in [0.15, 0.2) is 0 Å². The van der Waals surface area contributed by atoms with Crippen LogP contribution in [-0.2, 0) is 13.1 Å². The Balaban J connectivity index is 2.06. The number of H-pyrrole nitrogens is 1. The van der Waals surface area contributed by atoms with E-state index in [-0.39, 0.29) is 0 Å². The number of benzene rings is 1. The number of hydrogen-bond donors (Lipinski definition) is 2. The fourth-order valence-corrected chi connectivity index (χ4v) is 2.18. The summed E-state index contributed by atoms with van der Waals surface area (Å²) in [6.07, 6.45) is 0. The van der Waals surface area contributed by atoms with Crippen LogP contribution in [0.4, 0.5) is 0 Å². The van der Waals surface area contributed by atoms with E-state index < -0.39 is 0 Å². The van der Waals surface area contributed by atoms with Crippen LogP contribution in [-0.4, -0.2) is 4.98 Å². The van der Waals surface area contributed by atoms with E-state index in [0.717, 1.165) is 29.4 Å². The Hall–Kier alpha value is -1.25. The van der Waals surface area contributed by atoms with Gasteiger partial charge in [0.05, 0.1) is 0 Å². The highest BCUT2D eigenvalue weighted by atomic mass is 35.5. The minimum Gasteiger partial charge on any atom is -0.357 e. The number of nitrogens with one attached hydrogen (secondary N) is 2. The average molecular weight is 219 g/mol. The van der Waals surface area contributed by atoms with Gasteiger partial charge in [-0.2, -0.15) is 0 Å². The SMILES string of the molecule is Clc1cccc(-c2cc3c([nH]2)CNC3)c1. The Kier molecular flexibility index (Phi) is 2.04. The van der Waals surface area contributed by atoms with Crippen molar-refractivity contribution in [2.75, 3.05) is 0 Å². The first-order valence-electron chi connectivity index (χ1n) is 5.00. The summed E-state index contributed by atoms with van der Waals surface area (Å²) in [6, 6.07) is 10.1. The third-order valence-corrected chi connectivity index (χ3v) is 2.98. The third-order valence-electron chi connectivity index (χ3n) is 2.74. The van der Waals surface area contributed by atoms with Crippen LogP contribution in [0.2, 0.25) is 5.02 Å². The van der Waals surface area contributed by atoms with E-state index in [1.54, 1.807) is 0 Å². The van der Waals surface area contributed by atoms with Crippen molar-refractivity contribution in [2.45, 2.75) is 13.1 Å².